The fraction of sp³-hybridized carbons (Fsp3) is 0.254. The van der Waals surface area contributed by atoms with Crippen LogP contribution in [0.3, 0.4) is 0 Å². The highest BCUT2D eigenvalue weighted by atomic mass is 35.5. The minimum absolute atomic E-state index is 0.0597. The van der Waals surface area contributed by atoms with E-state index >= 15 is 0 Å². The Balaban J connectivity index is 0.000000213. The Morgan fingerprint density at radius 1 is 0.595 bits per heavy atom. The van der Waals surface area contributed by atoms with Crippen LogP contribution in [0.1, 0.15) is 86.6 Å². The van der Waals surface area contributed by atoms with Crippen molar-refractivity contribution in [2.45, 2.75) is 78.2 Å². The van der Waals surface area contributed by atoms with E-state index in [1.165, 1.54) is 50.6 Å². The van der Waals surface area contributed by atoms with Crippen molar-refractivity contribution in [1.29, 1.82) is 0 Å². The molecule has 0 aliphatic carbocycles. The number of ketones is 2. The predicted molar refractivity (Wildman–Crippen MR) is 291 cm³/mol. The van der Waals surface area contributed by atoms with Crippen molar-refractivity contribution >= 4 is 80.1 Å². The molecule has 20 heteroatoms. The summed E-state index contributed by atoms with van der Waals surface area (Å²) in [5.74, 6) is -1.05. The average Bonchev–Trinajstić information content (AvgIpc) is 4.05. The highest BCUT2D eigenvalue weighted by molar-refractivity contribution is 6.31. The van der Waals surface area contributed by atoms with Crippen molar-refractivity contribution in [2.24, 2.45) is 5.92 Å². The Labute approximate surface area is 466 Å². The second-order valence-electron chi connectivity index (χ2n) is 17.8. The molecular weight excluding hydrogens is 1100 g/mol. The topological polar surface area (TPSA) is 135 Å². The number of nitrogens with one attached hydrogen (secondary N) is 1. The number of carbonyl (C=O) groups excluding carboxylic acids is 4. The van der Waals surface area contributed by atoms with E-state index < -0.39 is 30.5 Å². The molecule has 6 aromatic carbocycles. The summed E-state index contributed by atoms with van der Waals surface area (Å²) in [7, 11) is 2.71. The molecule has 0 fully saturated rings. The van der Waals surface area contributed by atoms with Crippen LogP contribution in [-0.4, -0.2) is 66.1 Å². The third kappa shape index (κ3) is 16.3. The van der Waals surface area contributed by atoms with Crippen molar-refractivity contribution in [3.05, 3.63) is 194 Å². The molecule has 2 aromatic heterocycles. The summed E-state index contributed by atoms with van der Waals surface area (Å²) in [6.45, 7) is 7.41. The molecule has 8 rings (SSSR count). The van der Waals surface area contributed by atoms with Gasteiger partial charge in [-0.15, -0.1) is 37.9 Å². The number of hydrogen-bond acceptors (Lipinski definition) is 9. The maximum absolute atomic E-state index is 13.5. The Bertz CT molecular complexity index is 3430. The molecule has 0 aliphatic rings. The molecule has 0 radical (unpaired) electrons. The molecule has 2 heterocycles. The van der Waals surface area contributed by atoms with E-state index in [9.17, 15) is 45.5 Å². The third-order valence-corrected chi connectivity index (χ3v) is 13.2. The first kappa shape index (κ1) is 60.8. The van der Waals surface area contributed by atoms with Gasteiger partial charge in [0.1, 0.15) is 17.2 Å². The van der Waals surface area contributed by atoms with Crippen LogP contribution < -0.4 is 14.2 Å². The molecule has 8 aromatic rings. The maximum Gasteiger partial charge on any atom is 0.573 e. The summed E-state index contributed by atoms with van der Waals surface area (Å²) in [6, 6.07) is 35.5. The van der Waals surface area contributed by atoms with E-state index in [0.29, 0.717) is 90.0 Å². The zero-order valence-electron chi connectivity index (χ0n) is 43.4. The largest absolute Gasteiger partial charge is 0.573 e. The van der Waals surface area contributed by atoms with Gasteiger partial charge >= 0.3 is 24.7 Å². The van der Waals surface area contributed by atoms with Gasteiger partial charge in [-0.2, -0.15) is 0 Å². The number of fused-ring (bicyclic) bond motifs is 2. The number of esters is 2. The SMILES string of the molecule is CC[C@@H](Cc1cccc(CCl)c1)C(=O)OC.CC[C@@H](Oc1cccc(Cn2c(C)c(C(=O)c3ccc(Cl)cc3)c3ccc(OC(F)(F)F)cc32)c1)C(=O)OC.Cc1[nH]c2cc(OC(F)(F)F)ccc2c1C(=O)c1ccc(Cl)cc1. The quantitative estimate of drug-likeness (QED) is 0.0409. The van der Waals surface area contributed by atoms with Crippen molar-refractivity contribution < 1.29 is 69.2 Å². The van der Waals surface area contributed by atoms with Gasteiger partial charge in [-0.05, 0) is 135 Å². The molecule has 11 nitrogen and oxygen atoms in total. The molecular formula is C59H53Cl3F6N2O9. The second-order valence-corrected chi connectivity index (χ2v) is 18.9. The van der Waals surface area contributed by atoms with Gasteiger partial charge in [0.05, 0.1) is 42.3 Å². The molecule has 0 unspecified atom stereocenters. The van der Waals surface area contributed by atoms with Crippen LogP contribution in [0.25, 0.3) is 21.8 Å². The number of ether oxygens (including phenoxy) is 5. The number of nitrogens with zero attached hydrogens (tertiary/aromatic N) is 1. The zero-order valence-corrected chi connectivity index (χ0v) is 45.7. The lowest BCUT2D eigenvalue weighted by molar-refractivity contribution is -0.275. The second kappa shape index (κ2) is 26.9. The Morgan fingerprint density at radius 2 is 1.13 bits per heavy atom. The highest BCUT2D eigenvalue weighted by Gasteiger charge is 2.33. The number of aryl methyl sites for hydroxylation is 1. The molecule has 0 amide bonds. The van der Waals surface area contributed by atoms with E-state index in [0.717, 1.165) is 23.1 Å². The van der Waals surface area contributed by atoms with E-state index in [2.05, 4.69) is 14.5 Å². The third-order valence-electron chi connectivity index (χ3n) is 12.4. The minimum atomic E-state index is -4.87. The van der Waals surface area contributed by atoms with Gasteiger partial charge in [0, 0.05) is 67.9 Å². The number of aromatic nitrogens is 2. The smallest absolute Gasteiger partial charge is 0.479 e. The Hall–Kier alpha value is -7.47. The van der Waals surface area contributed by atoms with Crippen LogP contribution in [0.2, 0.25) is 10.0 Å². The van der Waals surface area contributed by atoms with E-state index in [1.807, 2.05) is 37.3 Å². The Morgan fingerprint density at radius 3 is 1.67 bits per heavy atom. The maximum atomic E-state index is 13.5. The van der Waals surface area contributed by atoms with E-state index in [1.54, 1.807) is 92.1 Å². The molecule has 416 valence electrons. The normalized spacial score (nSPS) is 12.1. The fourth-order valence-corrected chi connectivity index (χ4v) is 9.03. The molecule has 79 heavy (non-hydrogen) atoms. The lowest BCUT2D eigenvalue weighted by Crippen LogP contribution is -2.27. The highest BCUT2D eigenvalue weighted by Crippen LogP contribution is 2.35. The fourth-order valence-electron chi connectivity index (χ4n) is 8.62. The van der Waals surface area contributed by atoms with Gasteiger partial charge in [0.25, 0.3) is 0 Å². The number of halogens is 9. The van der Waals surface area contributed by atoms with Gasteiger partial charge in [0.15, 0.2) is 17.7 Å². The standard InChI is InChI=1S/C29H25ClF3NO5.C17H11ClF3NO2.C13H17ClO2/c1-4-25(28(36)37-3)38-21-7-5-6-18(14-21)16-34-17(2)26(27(35)19-8-10-20(30)11-9-19)23-13-12-22(15-24(23)34)39-29(31,32)33;1-9-15(16(23)10-2-4-11(18)5-3-10)13-7-6-12(8-14(13)22-9)24-17(19,20)21;1-3-12(13(15)16-2)8-10-5-4-6-11(7-10)9-14/h5-15,25H,4,16H2,1-3H3;2-8,22H,1H3;4-7,12H,3,8-9H2,1-2H3/t25-;;12-/m1.0/s1. The van der Waals surface area contributed by atoms with Gasteiger partial charge < -0.3 is 33.2 Å². The Kier molecular flexibility index (Phi) is 20.7. The zero-order chi connectivity index (χ0) is 57.8. The molecule has 0 aliphatic heterocycles. The summed E-state index contributed by atoms with van der Waals surface area (Å²) in [6.07, 6.45) is -8.52. The van der Waals surface area contributed by atoms with Crippen molar-refractivity contribution in [3.63, 3.8) is 0 Å². The average molecular weight is 1150 g/mol. The van der Waals surface area contributed by atoms with Crippen molar-refractivity contribution in [3.8, 4) is 17.2 Å². The molecule has 0 saturated carbocycles. The lowest BCUT2D eigenvalue weighted by Gasteiger charge is -2.16. The molecule has 2 atom stereocenters. The van der Waals surface area contributed by atoms with Crippen molar-refractivity contribution in [2.75, 3.05) is 14.2 Å². The number of methoxy groups -OCH3 is 2. The number of aromatic amines is 1. The van der Waals surface area contributed by atoms with Crippen molar-refractivity contribution in [1.82, 2.24) is 9.55 Å². The lowest BCUT2D eigenvalue weighted by atomic mass is 9.96. The molecule has 0 saturated heterocycles. The van der Waals surface area contributed by atoms with Gasteiger partial charge in [-0.25, -0.2) is 4.79 Å². The molecule has 0 bridgehead atoms. The van der Waals surface area contributed by atoms with Gasteiger partial charge in [0.2, 0.25) is 0 Å². The van der Waals surface area contributed by atoms with Crippen LogP contribution in [0.5, 0.6) is 17.2 Å². The van der Waals surface area contributed by atoms with E-state index in [-0.39, 0.29) is 35.7 Å². The van der Waals surface area contributed by atoms with Gasteiger partial charge in [-0.3, -0.25) is 14.4 Å². The molecule has 1 N–H and O–H groups in total. The summed E-state index contributed by atoms with van der Waals surface area (Å²) in [5, 5.41) is 1.99. The summed E-state index contributed by atoms with van der Waals surface area (Å²) < 4.78 is 101. The monoisotopic (exact) mass is 1150 g/mol. The minimum Gasteiger partial charge on any atom is -0.479 e. The number of rotatable bonds is 17. The van der Waals surface area contributed by atoms with Crippen LogP contribution in [0.15, 0.2) is 133 Å². The van der Waals surface area contributed by atoms with Crippen LogP contribution in [0, 0.1) is 19.8 Å². The first-order chi connectivity index (χ1) is 37.4. The number of alkyl halides is 7. The molecule has 0 spiro atoms. The predicted octanol–water partition coefficient (Wildman–Crippen LogP) is 15.5. The van der Waals surface area contributed by atoms with Crippen LogP contribution >= 0.6 is 34.8 Å². The number of hydrogen-bond donors (Lipinski definition) is 1. The van der Waals surface area contributed by atoms with E-state index in [4.69, 9.17) is 49.0 Å². The summed E-state index contributed by atoms with van der Waals surface area (Å²) in [5.41, 5.74) is 6.45. The van der Waals surface area contributed by atoms with Crippen LogP contribution in [-0.2, 0) is 37.9 Å². The van der Waals surface area contributed by atoms with Crippen LogP contribution in [0.4, 0.5) is 26.3 Å². The number of benzene rings is 6. The first-order valence-electron chi connectivity index (χ1n) is 24.4. The number of carbonyl (C=O) groups is 4. The number of H-pyrrole nitrogens is 1. The summed E-state index contributed by atoms with van der Waals surface area (Å²) >= 11 is 17.6. The summed E-state index contributed by atoms with van der Waals surface area (Å²) in [4.78, 5) is 52.6. The first-order valence-corrected chi connectivity index (χ1v) is 25.7. The van der Waals surface area contributed by atoms with Gasteiger partial charge in [-0.1, -0.05) is 73.4 Å².